The third kappa shape index (κ3) is 9.76. The van der Waals surface area contributed by atoms with Crippen molar-refractivity contribution in [2.24, 2.45) is 4.99 Å². The average Bonchev–Trinajstić information content (AvgIpc) is 2.71. The Balaban J connectivity index is 1.81. The fourth-order valence-electron chi connectivity index (χ4n) is 2.71. The molecule has 1 atom stereocenters. The fraction of sp³-hybridized carbons (Fsp3) is 0.409. The third-order valence-electron chi connectivity index (χ3n) is 4.14. The second-order valence-electron chi connectivity index (χ2n) is 6.84. The number of aliphatic hydroxyl groups excluding tert-OH is 1. The third-order valence-corrected chi connectivity index (χ3v) is 4.14. The Labute approximate surface area is 175 Å². The Morgan fingerprint density at radius 2 is 1.67 bits per heavy atom. The number of aliphatic imine (C=N–C) groups is 1. The van der Waals surface area contributed by atoms with Gasteiger partial charge in [0, 0.05) is 19.5 Å². The Morgan fingerprint density at radius 1 is 1.00 bits per heavy atom. The van der Waals surface area contributed by atoms with Gasteiger partial charge in [-0.25, -0.2) is 4.99 Å². The molecule has 0 heterocycles. The summed E-state index contributed by atoms with van der Waals surface area (Å²) in [5.74, 6) is 0.585. The van der Waals surface area contributed by atoms with Crippen molar-refractivity contribution < 1.29 is 23.0 Å². The molecular weight excluding hydrogens is 395 g/mol. The minimum Gasteiger partial charge on any atom is -0.391 e. The second kappa shape index (κ2) is 12.2. The van der Waals surface area contributed by atoms with Gasteiger partial charge in [-0.3, -0.25) is 0 Å². The van der Waals surface area contributed by atoms with Crippen LogP contribution in [0.1, 0.15) is 23.6 Å². The van der Waals surface area contributed by atoms with Crippen LogP contribution in [0, 0.1) is 0 Å². The van der Waals surface area contributed by atoms with Crippen LogP contribution in [0.25, 0.3) is 0 Å². The molecule has 164 valence electrons. The van der Waals surface area contributed by atoms with Gasteiger partial charge in [0.05, 0.1) is 19.3 Å². The van der Waals surface area contributed by atoms with Crippen LogP contribution in [0.15, 0.2) is 59.6 Å². The summed E-state index contributed by atoms with van der Waals surface area (Å²) in [6.07, 6.45) is -4.32. The number of guanidine groups is 1. The average molecular weight is 423 g/mol. The number of aliphatic hydroxyl groups is 1. The minimum absolute atomic E-state index is 0.0907. The number of nitrogens with zero attached hydrogens (tertiary/aromatic N) is 1. The van der Waals surface area contributed by atoms with Crippen LogP contribution < -0.4 is 10.6 Å². The molecule has 3 N–H and O–H groups in total. The van der Waals surface area contributed by atoms with E-state index in [9.17, 15) is 18.3 Å². The van der Waals surface area contributed by atoms with Crippen LogP contribution in [-0.4, -0.2) is 43.0 Å². The molecule has 2 aromatic rings. The molecule has 5 nitrogen and oxygen atoms in total. The zero-order chi connectivity index (χ0) is 21.8. The predicted octanol–water partition coefficient (Wildman–Crippen LogP) is 3.42. The predicted molar refractivity (Wildman–Crippen MR) is 111 cm³/mol. The van der Waals surface area contributed by atoms with Crippen LogP contribution in [0.5, 0.6) is 0 Å². The number of hydrogen-bond donors (Lipinski definition) is 3. The molecule has 2 aromatic carbocycles. The van der Waals surface area contributed by atoms with E-state index in [1.54, 1.807) is 12.1 Å². The van der Waals surface area contributed by atoms with Crippen LogP contribution in [-0.2, 0) is 24.3 Å². The highest BCUT2D eigenvalue weighted by molar-refractivity contribution is 5.79. The first kappa shape index (κ1) is 23.7. The minimum atomic E-state index is -4.32. The fourth-order valence-corrected chi connectivity index (χ4v) is 2.71. The topological polar surface area (TPSA) is 65.9 Å². The lowest BCUT2D eigenvalue weighted by molar-refractivity contribution is -0.176. The molecule has 2 rings (SSSR count). The van der Waals surface area contributed by atoms with Gasteiger partial charge in [0.15, 0.2) is 5.96 Å². The number of benzene rings is 2. The molecule has 0 aliphatic carbocycles. The molecule has 1 unspecified atom stereocenters. The van der Waals surface area contributed by atoms with Crippen molar-refractivity contribution in [1.29, 1.82) is 0 Å². The Bertz CT molecular complexity index is 765. The monoisotopic (exact) mass is 423 g/mol. The largest absolute Gasteiger partial charge is 0.411 e. The van der Waals surface area contributed by atoms with Crippen molar-refractivity contribution in [3.05, 3.63) is 71.3 Å². The lowest BCUT2D eigenvalue weighted by Crippen LogP contribution is -2.41. The van der Waals surface area contributed by atoms with E-state index < -0.39 is 18.9 Å². The van der Waals surface area contributed by atoms with E-state index in [0.717, 1.165) is 11.1 Å². The second-order valence-corrected chi connectivity index (χ2v) is 6.84. The highest BCUT2D eigenvalue weighted by Gasteiger charge is 2.27. The number of rotatable bonds is 10. The highest BCUT2D eigenvalue weighted by atomic mass is 19.4. The lowest BCUT2D eigenvalue weighted by atomic mass is 10.1. The van der Waals surface area contributed by atoms with E-state index in [4.69, 9.17) is 0 Å². The SMILES string of the molecule is CCNC(=NCc1ccc(COCC(F)(F)F)cc1)NCC(O)Cc1ccccc1. The van der Waals surface area contributed by atoms with Gasteiger partial charge < -0.3 is 20.5 Å². The molecule has 0 amide bonds. The smallest absolute Gasteiger partial charge is 0.391 e. The molecule has 0 aromatic heterocycles. The number of hydrogen-bond acceptors (Lipinski definition) is 3. The Morgan fingerprint density at radius 3 is 2.30 bits per heavy atom. The lowest BCUT2D eigenvalue weighted by Gasteiger charge is -2.15. The Kier molecular flexibility index (Phi) is 9.63. The number of alkyl halides is 3. The summed E-state index contributed by atoms with van der Waals surface area (Å²) >= 11 is 0. The summed E-state index contributed by atoms with van der Waals surface area (Å²) in [5, 5.41) is 16.5. The van der Waals surface area contributed by atoms with Crippen molar-refractivity contribution >= 4 is 5.96 Å². The molecule has 0 saturated heterocycles. The van der Waals surface area contributed by atoms with Gasteiger partial charge in [-0.05, 0) is 23.6 Å². The quantitative estimate of drug-likeness (QED) is 0.405. The summed E-state index contributed by atoms with van der Waals surface area (Å²) < 4.78 is 41.0. The van der Waals surface area contributed by atoms with Crippen molar-refractivity contribution in [2.45, 2.75) is 38.8 Å². The highest BCUT2D eigenvalue weighted by Crippen LogP contribution is 2.16. The molecule has 0 saturated carbocycles. The van der Waals surface area contributed by atoms with E-state index in [1.165, 1.54) is 0 Å². The molecule has 0 radical (unpaired) electrons. The van der Waals surface area contributed by atoms with Crippen LogP contribution in [0.4, 0.5) is 13.2 Å². The first-order chi connectivity index (χ1) is 14.4. The zero-order valence-electron chi connectivity index (χ0n) is 17.0. The number of nitrogens with one attached hydrogen (secondary N) is 2. The number of ether oxygens (including phenoxy) is 1. The molecule has 0 bridgehead atoms. The van der Waals surface area contributed by atoms with E-state index in [-0.39, 0.29) is 6.61 Å². The summed E-state index contributed by atoms with van der Waals surface area (Å²) in [6.45, 7) is 2.03. The van der Waals surface area contributed by atoms with Crippen molar-refractivity contribution in [3.63, 3.8) is 0 Å². The Hall–Kier alpha value is -2.58. The number of halogens is 3. The summed E-state index contributed by atoms with van der Waals surface area (Å²) in [6, 6.07) is 16.8. The van der Waals surface area contributed by atoms with E-state index in [2.05, 4.69) is 20.4 Å². The standard InChI is InChI=1S/C22H28F3N3O2/c1-2-26-21(28-14-20(29)12-17-6-4-3-5-7-17)27-13-18-8-10-19(11-9-18)15-30-16-22(23,24)25/h3-11,20,29H,2,12-16H2,1H3,(H2,26,27,28). The summed E-state index contributed by atoms with van der Waals surface area (Å²) in [7, 11) is 0. The maximum Gasteiger partial charge on any atom is 0.411 e. The van der Waals surface area contributed by atoms with Crippen molar-refractivity contribution in [1.82, 2.24) is 10.6 Å². The van der Waals surface area contributed by atoms with Crippen LogP contribution in [0.3, 0.4) is 0 Å². The molecule has 0 aliphatic rings. The van der Waals surface area contributed by atoms with E-state index in [1.807, 2.05) is 49.4 Å². The van der Waals surface area contributed by atoms with Gasteiger partial charge in [0.25, 0.3) is 0 Å². The molecule has 0 fully saturated rings. The molecule has 0 spiro atoms. The van der Waals surface area contributed by atoms with Gasteiger partial charge in [-0.15, -0.1) is 0 Å². The molecule has 30 heavy (non-hydrogen) atoms. The van der Waals surface area contributed by atoms with Gasteiger partial charge in [-0.1, -0.05) is 54.6 Å². The summed E-state index contributed by atoms with van der Waals surface area (Å²) in [5.41, 5.74) is 2.64. The summed E-state index contributed by atoms with van der Waals surface area (Å²) in [4.78, 5) is 4.49. The van der Waals surface area contributed by atoms with Gasteiger partial charge in [0.2, 0.25) is 0 Å². The first-order valence-corrected chi connectivity index (χ1v) is 9.82. The van der Waals surface area contributed by atoms with Gasteiger partial charge in [-0.2, -0.15) is 13.2 Å². The molecule has 0 aliphatic heterocycles. The first-order valence-electron chi connectivity index (χ1n) is 9.82. The van der Waals surface area contributed by atoms with Crippen molar-refractivity contribution in [3.8, 4) is 0 Å². The van der Waals surface area contributed by atoms with E-state index in [0.29, 0.717) is 37.6 Å². The normalized spacial score (nSPS) is 13.2. The molecular formula is C22H28F3N3O2. The van der Waals surface area contributed by atoms with Crippen LogP contribution in [0.2, 0.25) is 0 Å². The van der Waals surface area contributed by atoms with Crippen LogP contribution >= 0.6 is 0 Å². The molecule has 8 heteroatoms. The van der Waals surface area contributed by atoms with Gasteiger partial charge >= 0.3 is 6.18 Å². The maximum absolute atomic E-state index is 12.1. The van der Waals surface area contributed by atoms with E-state index >= 15 is 0 Å². The maximum atomic E-state index is 12.1. The zero-order valence-corrected chi connectivity index (χ0v) is 17.0. The van der Waals surface area contributed by atoms with Crippen molar-refractivity contribution in [2.75, 3.05) is 19.7 Å². The van der Waals surface area contributed by atoms with Gasteiger partial charge in [0.1, 0.15) is 6.61 Å².